The van der Waals surface area contributed by atoms with Crippen LogP contribution in [-0.4, -0.2) is 23.2 Å². The molecule has 0 radical (unpaired) electrons. The smallest absolute Gasteiger partial charge is 0.407 e. The molecular formula is C18H20N2O3. The number of rotatable bonds is 3. The second kappa shape index (κ2) is 7.50. The molecule has 1 amide bonds. The van der Waals surface area contributed by atoms with Crippen LogP contribution in [0, 0.1) is 11.8 Å². The lowest BCUT2D eigenvalue weighted by molar-refractivity contribution is 0.0528. The van der Waals surface area contributed by atoms with E-state index >= 15 is 0 Å². The summed E-state index contributed by atoms with van der Waals surface area (Å²) < 4.78 is 10.4. The Kier molecular flexibility index (Phi) is 5.42. The number of ether oxygens (including phenoxy) is 1. The van der Waals surface area contributed by atoms with Gasteiger partial charge < -0.3 is 14.5 Å². The van der Waals surface area contributed by atoms with Crippen LogP contribution in [0.5, 0.6) is 0 Å². The van der Waals surface area contributed by atoms with Crippen LogP contribution in [0.4, 0.5) is 4.79 Å². The molecule has 23 heavy (non-hydrogen) atoms. The normalized spacial score (nSPS) is 10.6. The zero-order valence-electron chi connectivity index (χ0n) is 13.6. The third-order valence-electron chi connectivity index (χ3n) is 2.69. The van der Waals surface area contributed by atoms with Gasteiger partial charge in [-0.25, -0.2) is 9.78 Å². The van der Waals surface area contributed by atoms with Gasteiger partial charge in [-0.2, -0.15) is 0 Å². The van der Waals surface area contributed by atoms with Gasteiger partial charge in [0.05, 0.1) is 5.69 Å². The van der Waals surface area contributed by atoms with E-state index in [-0.39, 0.29) is 0 Å². The quantitative estimate of drug-likeness (QED) is 0.884. The van der Waals surface area contributed by atoms with Crippen molar-refractivity contribution < 1.29 is 13.9 Å². The van der Waals surface area contributed by atoms with Crippen molar-refractivity contribution in [3.63, 3.8) is 0 Å². The molecule has 0 spiro atoms. The number of aromatic nitrogens is 1. The molecule has 1 aromatic carbocycles. The standard InChI is InChI=1S/C18H20N2O3/c1-18(2,3)23-17(21)19-12-11-15-13-22-16(20-15)10-9-14-7-5-4-6-8-14/h4-8,13H,11-12H2,1-3H3,(H,19,21). The summed E-state index contributed by atoms with van der Waals surface area (Å²) in [6, 6.07) is 9.62. The van der Waals surface area contributed by atoms with E-state index in [1.807, 2.05) is 51.1 Å². The lowest BCUT2D eigenvalue weighted by atomic mass is 10.2. The number of oxazole rings is 1. The number of hydrogen-bond acceptors (Lipinski definition) is 4. The summed E-state index contributed by atoms with van der Waals surface area (Å²) in [7, 11) is 0. The van der Waals surface area contributed by atoms with Crippen molar-refractivity contribution in [2.24, 2.45) is 0 Å². The highest BCUT2D eigenvalue weighted by Crippen LogP contribution is 2.06. The molecule has 120 valence electrons. The Balaban J connectivity index is 1.82. The second-order valence-corrected chi connectivity index (χ2v) is 5.94. The van der Waals surface area contributed by atoms with Gasteiger partial charge in [-0.05, 0) is 38.8 Å². The van der Waals surface area contributed by atoms with Crippen LogP contribution in [0.25, 0.3) is 0 Å². The van der Waals surface area contributed by atoms with Crippen LogP contribution in [-0.2, 0) is 11.2 Å². The Morgan fingerprint density at radius 3 is 2.70 bits per heavy atom. The third-order valence-corrected chi connectivity index (χ3v) is 2.69. The van der Waals surface area contributed by atoms with Crippen LogP contribution in [0.1, 0.15) is 37.9 Å². The van der Waals surface area contributed by atoms with Gasteiger partial charge in [0.1, 0.15) is 11.9 Å². The molecule has 0 aliphatic heterocycles. The number of nitrogens with one attached hydrogen (secondary N) is 1. The Labute approximate surface area is 136 Å². The molecule has 1 aromatic heterocycles. The van der Waals surface area contributed by atoms with Gasteiger partial charge in [-0.3, -0.25) is 0 Å². The molecule has 0 unspecified atom stereocenters. The van der Waals surface area contributed by atoms with Crippen LogP contribution in [0.2, 0.25) is 0 Å². The van der Waals surface area contributed by atoms with Crippen molar-refractivity contribution in [1.29, 1.82) is 0 Å². The van der Waals surface area contributed by atoms with Gasteiger partial charge in [0, 0.05) is 18.5 Å². The number of carbonyl (C=O) groups is 1. The summed E-state index contributed by atoms with van der Waals surface area (Å²) in [4.78, 5) is 15.8. The van der Waals surface area contributed by atoms with Crippen molar-refractivity contribution in [2.75, 3.05) is 6.54 Å². The van der Waals surface area contributed by atoms with Crippen LogP contribution >= 0.6 is 0 Å². The molecule has 2 rings (SSSR count). The topological polar surface area (TPSA) is 64.4 Å². The maximum atomic E-state index is 11.5. The lowest BCUT2D eigenvalue weighted by Crippen LogP contribution is -2.33. The number of hydrogen-bond donors (Lipinski definition) is 1. The summed E-state index contributed by atoms with van der Waals surface area (Å²) in [5.74, 6) is 6.21. The number of alkyl carbamates (subject to hydrolysis) is 1. The van der Waals surface area contributed by atoms with Crippen molar-refractivity contribution >= 4 is 6.09 Å². The van der Waals surface area contributed by atoms with Crippen molar-refractivity contribution in [3.8, 4) is 11.8 Å². The fourth-order valence-corrected chi connectivity index (χ4v) is 1.73. The number of benzene rings is 1. The van der Waals surface area contributed by atoms with E-state index < -0.39 is 11.7 Å². The second-order valence-electron chi connectivity index (χ2n) is 5.94. The van der Waals surface area contributed by atoms with E-state index in [9.17, 15) is 4.79 Å². The lowest BCUT2D eigenvalue weighted by Gasteiger charge is -2.19. The predicted molar refractivity (Wildman–Crippen MR) is 86.9 cm³/mol. The van der Waals surface area contributed by atoms with Crippen molar-refractivity contribution in [1.82, 2.24) is 10.3 Å². The van der Waals surface area contributed by atoms with Crippen LogP contribution < -0.4 is 5.32 Å². The van der Waals surface area contributed by atoms with Crippen molar-refractivity contribution in [2.45, 2.75) is 32.8 Å². The molecule has 0 bridgehead atoms. The van der Waals surface area contributed by atoms with Crippen molar-refractivity contribution in [3.05, 3.63) is 53.7 Å². The fourth-order valence-electron chi connectivity index (χ4n) is 1.73. The first-order valence-corrected chi connectivity index (χ1v) is 7.41. The predicted octanol–water partition coefficient (Wildman–Crippen LogP) is 3.14. The molecule has 0 fully saturated rings. The number of carbonyl (C=O) groups excluding carboxylic acids is 1. The minimum atomic E-state index is -0.502. The largest absolute Gasteiger partial charge is 0.444 e. The summed E-state index contributed by atoms with van der Waals surface area (Å²) >= 11 is 0. The van der Waals surface area contributed by atoms with Crippen LogP contribution in [0.3, 0.4) is 0 Å². The maximum Gasteiger partial charge on any atom is 0.407 e. The number of amides is 1. The minimum absolute atomic E-state index is 0.362. The molecule has 5 nitrogen and oxygen atoms in total. The molecule has 5 heteroatoms. The van der Waals surface area contributed by atoms with E-state index in [0.29, 0.717) is 18.9 Å². The van der Waals surface area contributed by atoms with Gasteiger partial charge in [0.15, 0.2) is 0 Å². The molecule has 0 aliphatic rings. The van der Waals surface area contributed by atoms with Gasteiger partial charge in [0.25, 0.3) is 5.89 Å². The average molecular weight is 312 g/mol. The first-order valence-electron chi connectivity index (χ1n) is 7.41. The monoisotopic (exact) mass is 312 g/mol. The molecule has 0 saturated carbocycles. The zero-order valence-corrected chi connectivity index (χ0v) is 13.6. The molecule has 0 atom stereocenters. The first-order chi connectivity index (χ1) is 10.9. The summed E-state index contributed by atoms with van der Waals surface area (Å²) in [5.41, 5.74) is 1.13. The Morgan fingerprint density at radius 1 is 1.26 bits per heavy atom. The highest BCUT2D eigenvalue weighted by atomic mass is 16.6. The average Bonchev–Trinajstić information content (AvgIpc) is 2.92. The highest BCUT2D eigenvalue weighted by Gasteiger charge is 2.15. The summed E-state index contributed by atoms with van der Waals surface area (Å²) in [6.45, 7) is 5.89. The third kappa shape index (κ3) is 6.27. The van der Waals surface area contributed by atoms with E-state index in [0.717, 1.165) is 11.3 Å². The van der Waals surface area contributed by atoms with Crippen LogP contribution in [0.15, 0.2) is 41.0 Å². The molecule has 0 aliphatic carbocycles. The first kappa shape index (κ1) is 16.6. The van der Waals surface area contributed by atoms with Gasteiger partial charge >= 0.3 is 6.09 Å². The van der Waals surface area contributed by atoms with Gasteiger partial charge in [-0.1, -0.05) is 24.1 Å². The number of nitrogens with zero attached hydrogens (tertiary/aromatic N) is 1. The molecule has 2 aromatic rings. The van der Waals surface area contributed by atoms with Gasteiger partial charge in [0.2, 0.25) is 0 Å². The van der Waals surface area contributed by atoms with E-state index in [1.165, 1.54) is 0 Å². The Morgan fingerprint density at radius 2 is 2.00 bits per heavy atom. The Hall–Kier alpha value is -2.74. The summed E-state index contributed by atoms with van der Waals surface area (Å²) in [5, 5.41) is 2.68. The van der Waals surface area contributed by atoms with Gasteiger partial charge in [-0.15, -0.1) is 0 Å². The molecule has 1 N–H and O–H groups in total. The molecular weight excluding hydrogens is 292 g/mol. The van der Waals surface area contributed by atoms with E-state index in [2.05, 4.69) is 22.1 Å². The minimum Gasteiger partial charge on any atom is -0.444 e. The van der Waals surface area contributed by atoms with E-state index in [4.69, 9.17) is 9.15 Å². The van der Waals surface area contributed by atoms with E-state index in [1.54, 1.807) is 6.26 Å². The highest BCUT2D eigenvalue weighted by molar-refractivity contribution is 5.67. The molecule has 0 saturated heterocycles. The fraction of sp³-hybridized carbons (Fsp3) is 0.333. The Bertz CT molecular complexity index is 703. The zero-order chi connectivity index (χ0) is 16.7. The molecule has 1 heterocycles. The SMILES string of the molecule is CC(C)(C)OC(=O)NCCc1coc(C#Cc2ccccc2)n1. The summed E-state index contributed by atoms with van der Waals surface area (Å²) in [6.07, 6.45) is 1.66. The maximum absolute atomic E-state index is 11.5.